The van der Waals surface area contributed by atoms with Gasteiger partial charge in [0.15, 0.2) is 11.6 Å². The van der Waals surface area contributed by atoms with Crippen LogP contribution in [0.5, 0.6) is 0 Å². The van der Waals surface area contributed by atoms with Crippen LogP contribution in [0.3, 0.4) is 0 Å². The number of aromatic nitrogens is 5. The Morgan fingerprint density at radius 2 is 0.721 bits per heavy atom. The summed E-state index contributed by atoms with van der Waals surface area (Å²) in [6.07, 6.45) is 0. The van der Waals surface area contributed by atoms with Crippen LogP contribution in [0.2, 0.25) is 0 Å². The first-order valence-corrected chi connectivity index (χ1v) is 23.0. The molecule has 5 heteroatoms. The Morgan fingerprint density at radius 1 is 0.250 bits per heavy atom. The maximum atomic E-state index is 5.44. The van der Waals surface area contributed by atoms with Gasteiger partial charge in [-0.15, -0.1) is 0 Å². The molecule has 0 aliphatic rings. The van der Waals surface area contributed by atoms with Crippen molar-refractivity contribution in [3.63, 3.8) is 0 Å². The van der Waals surface area contributed by atoms with Crippen molar-refractivity contribution in [1.82, 2.24) is 24.1 Å². The molecule has 0 amide bonds. The van der Waals surface area contributed by atoms with Gasteiger partial charge in [0.05, 0.1) is 27.8 Å². The summed E-state index contributed by atoms with van der Waals surface area (Å²) in [6, 6.07) is 88.3. The maximum Gasteiger partial charge on any atom is 0.238 e. The summed E-state index contributed by atoms with van der Waals surface area (Å²) in [6.45, 7) is 0. The largest absolute Gasteiger partial charge is 0.307 e. The minimum atomic E-state index is 0.547. The zero-order valence-corrected chi connectivity index (χ0v) is 36.9. The van der Waals surface area contributed by atoms with Crippen molar-refractivity contribution in [2.45, 2.75) is 0 Å². The fraction of sp³-hybridized carbons (Fsp3) is 0. The van der Waals surface area contributed by atoms with Crippen LogP contribution in [0.1, 0.15) is 0 Å². The molecule has 0 unspecified atom stereocenters. The third kappa shape index (κ3) is 6.59. The highest BCUT2D eigenvalue weighted by atomic mass is 15.2. The van der Waals surface area contributed by atoms with Crippen molar-refractivity contribution in [1.29, 1.82) is 0 Å². The highest BCUT2D eigenvalue weighted by Crippen LogP contribution is 2.45. The molecule has 0 radical (unpaired) electrons. The van der Waals surface area contributed by atoms with Crippen molar-refractivity contribution < 1.29 is 0 Å². The zero-order chi connectivity index (χ0) is 45.0. The quantitative estimate of drug-likeness (QED) is 0.153. The molecule has 68 heavy (non-hydrogen) atoms. The molecule has 0 aliphatic carbocycles. The monoisotopic (exact) mass is 867 g/mol. The molecule has 0 saturated carbocycles. The first-order valence-electron chi connectivity index (χ1n) is 23.0. The minimum Gasteiger partial charge on any atom is -0.307 e. The maximum absolute atomic E-state index is 5.44. The lowest BCUT2D eigenvalue weighted by molar-refractivity contribution is 0.953. The molecule has 318 valence electrons. The summed E-state index contributed by atoms with van der Waals surface area (Å²) in [5, 5.41) is 4.54. The summed E-state index contributed by atoms with van der Waals surface area (Å²) >= 11 is 0. The molecule has 5 nitrogen and oxygen atoms in total. The Kier molecular flexibility index (Phi) is 9.43. The molecule has 0 bridgehead atoms. The van der Waals surface area contributed by atoms with Gasteiger partial charge < -0.3 is 4.57 Å². The van der Waals surface area contributed by atoms with Gasteiger partial charge in [-0.25, -0.2) is 4.98 Å². The number of para-hydroxylation sites is 3. The fourth-order valence-electron chi connectivity index (χ4n) is 10.1. The number of nitrogens with zero attached hydrogens (tertiary/aromatic N) is 5. The van der Waals surface area contributed by atoms with Crippen molar-refractivity contribution >= 4 is 43.6 Å². The SMILES string of the molecule is c1ccc(-c2cccc(-c3nc(-c4ccccc4)nc(-n4c5ccccc5c5ccc6c7ccccc7n(-c7ccccc7-c7ccc(-c8ccccc8)cc7-c7ccccc7)c6c54)n3)c2)cc1. The van der Waals surface area contributed by atoms with E-state index in [0.717, 1.165) is 88.2 Å². The molecule has 3 aromatic heterocycles. The van der Waals surface area contributed by atoms with Gasteiger partial charge in [0, 0.05) is 38.2 Å². The Hall–Kier alpha value is -9.19. The van der Waals surface area contributed by atoms with Crippen molar-refractivity contribution in [2.24, 2.45) is 0 Å². The van der Waals surface area contributed by atoms with E-state index in [1.54, 1.807) is 0 Å². The van der Waals surface area contributed by atoms with E-state index in [9.17, 15) is 0 Å². The molecule has 0 fully saturated rings. The number of fused-ring (bicyclic) bond motifs is 7. The lowest BCUT2D eigenvalue weighted by Crippen LogP contribution is -2.07. The molecule has 10 aromatic carbocycles. The smallest absolute Gasteiger partial charge is 0.238 e. The van der Waals surface area contributed by atoms with E-state index in [1.165, 1.54) is 16.7 Å². The van der Waals surface area contributed by atoms with E-state index >= 15 is 0 Å². The number of hydrogen-bond donors (Lipinski definition) is 0. The molecule has 13 rings (SSSR count). The van der Waals surface area contributed by atoms with Crippen molar-refractivity contribution in [3.8, 4) is 78.9 Å². The van der Waals surface area contributed by atoms with Crippen LogP contribution in [-0.2, 0) is 0 Å². The predicted octanol–water partition coefficient (Wildman–Crippen LogP) is 16.1. The van der Waals surface area contributed by atoms with Crippen LogP contribution >= 0.6 is 0 Å². The fourth-order valence-corrected chi connectivity index (χ4v) is 10.1. The second-order valence-electron chi connectivity index (χ2n) is 17.2. The third-order valence-electron chi connectivity index (χ3n) is 13.2. The molecule has 13 aromatic rings. The molecular formula is C63H41N5. The van der Waals surface area contributed by atoms with Crippen LogP contribution in [-0.4, -0.2) is 24.1 Å². The van der Waals surface area contributed by atoms with Gasteiger partial charge in [-0.3, -0.25) is 4.57 Å². The first kappa shape index (κ1) is 39.2. The average Bonchev–Trinajstić information content (AvgIpc) is 3.95. The lowest BCUT2D eigenvalue weighted by atomic mass is 9.90. The van der Waals surface area contributed by atoms with Crippen LogP contribution < -0.4 is 0 Å². The highest BCUT2D eigenvalue weighted by molar-refractivity contribution is 6.24. The van der Waals surface area contributed by atoms with Gasteiger partial charge in [-0.1, -0.05) is 218 Å². The van der Waals surface area contributed by atoms with Crippen LogP contribution in [0.25, 0.3) is 123 Å². The Bertz CT molecular complexity index is 4010. The zero-order valence-electron chi connectivity index (χ0n) is 36.9. The number of rotatable bonds is 8. The second-order valence-corrected chi connectivity index (χ2v) is 17.2. The standard InChI is InChI=1S/C63H41N5/c1-5-20-42(21-6-1)46-28-19-29-48(40-46)62-64-61(45-26-11-4-12-27-45)65-63(66-62)68-58-35-18-15-32-52(58)54-39-38-53-51-31-14-17-34-57(51)67(59(53)60(54)68)56-33-16-13-30-50(56)49-37-36-47(43-22-7-2-8-23-43)41-55(49)44-24-9-3-10-25-44/h1-41H. The Labute approximate surface area is 393 Å². The Balaban J connectivity index is 1.11. The van der Waals surface area contributed by atoms with Crippen LogP contribution in [0.4, 0.5) is 0 Å². The molecule has 3 heterocycles. The molecule has 0 atom stereocenters. The summed E-state index contributed by atoms with van der Waals surface area (Å²) in [4.78, 5) is 16.0. The van der Waals surface area contributed by atoms with E-state index in [1.807, 2.05) is 24.3 Å². The predicted molar refractivity (Wildman–Crippen MR) is 281 cm³/mol. The van der Waals surface area contributed by atoms with Gasteiger partial charge in [-0.2, -0.15) is 9.97 Å². The first-order chi connectivity index (χ1) is 33.7. The molecular weight excluding hydrogens is 827 g/mol. The normalized spacial score (nSPS) is 11.5. The topological polar surface area (TPSA) is 48.5 Å². The molecule has 0 saturated heterocycles. The van der Waals surface area contributed by atoms with E-state index in [2.05, 4.69) is 234 Å². The van der Waals surface area contributed by atoms with Gasteiger partial charge in [0.25, 0.3) is 0 Å². The van der Waals surface area contributed by atoms with E-state index in [4.69, 9.17) is 15.0 Å². The molecule has 0 N–H and O–H groups in total. The lowest BCUT2D eigenvalue weighted by Gasteiger charge is -2.19. The van der Waals surface area contributed by atoms with E-state index in [0.29, 0.717) is 17.6 Å². The van der Waals surface area contributed by atoms with Crippen molar-refractivity contribution in [2.75, 3.05) is 0 Å². The van der Waals surface area contributed by atoms with Gasteiger partial charge in [0.1, 0.15) is 0 Å². The van der Waals surface area contributed by atoms with Gasteiger partial charge in [-0.05, 0) is 69.3 Å². The summed E-state index contributed by atoms with van der Waals surface area (Å²) in [7, 11) is 0. The number of benzene rings is 10. The average molecular weight is 868 g/mol. The summed E-state index contributed by atoms with van der Waals surface area (Å²) < 4.78 is 4.74. The van der Waals surface area contributed by atoms with E-state index in [-0.39, 0.29) is 0 Å². The number of hydrogen-bond acceptors (Lipinski definition) is 3. The van der Waals surface area contributed by atoms with Gasteiger partial charge in [0.2, 0.25) is 5.95 Å². The molecule has 0 aliphatic heterocycles. The van der Waals surface area contributed by atoms with Crippen LogP contribution in [0.15, 0.2) is 249 Å². The Morgan fingerprint density at radius 3 is 1.37 bits per heavy atom. The van der Waals surface area contributed by atoms with Crippen LogP contribution in [0, 0.1) is 0 Å². The van der Waals surface area contributed by atoms with E-state index < -0.39 is 0 Å². The summed E-state index contributed by atoms with van der Waals surface area (Å²) in [5.74, 6) is 1.75. The highest BCUT2D eigenvalue weighted by Gasteiger charge is 2.25. The second kappa shape index (κ2) is 16.4. The third-order valence-corrected chi connectivity index (χ3v) is 13.2. The van der Waals surface area contributed by atoms with Crippen molar-refractivity contribution in [3.05, 3.63) is 249 Å². The summed E-state index contributed by atoms with van der Waals surface area (Å²) in [5.41, 5.74) is 16.3. The minimum absolute atomic E-state index is 0.547. The molecule has 0 spiro atoms. The van der Waals surface area contributed by atoms with Gasteiger partial charge >= 0.3 is 0 Å².